The third-order valence-corrected chi connectivity index (χ3v) is 9.09. The average molecular weight is 414 g/mol. The highest BCUT2D eigenvalue weighted by molar-refractivity contribution is 5.75. The lowest BCUT2D eigenvalue weighted by Gasteiger charge is -2.51. The van der Waals surface area contributed by atoms with Crippen LogP contribution >= 0.6 is 0 Å². The third kappa shape index (κ3) is 3.06. The Morgan fingerprint density at radius 2 is 2.10 bits per heavy atom. The highest BCUT2D eigenvalue weighted by Gasteiger charge is 2.65. The van der Waals surface area contributed by atoms with Gasteiger partial charge in [0.1, 0.15) is 38.2 Å². The number of fused-ring (bicyclic) bond motifs is 3. The summed E-state index contributed by atoms with van der Waals surface area (Å²) in [5, 5.41) is 0. The van der Waals surface area contributed by atoms with Gasteiger partial charge < -0.3 is 14.4 Å². The average Bonchev–Trinajstić information content (AvgIpc) is 3.46. The van der Waals surface area contributed by atoms with Gasteiger partial charge in [0.25, 0.3) is 5.82 Å². The summed E-state index contributed by atoms with van der Waals surface area (Å²) in [7, 11) is 0. The molecule has 162 valence electrons. The van der Waals surface area contributed by atoms with Gasteiger partial charge in [-0.2, -0.15) is 0 Å². The molecule has 6 rings (SSSR count). The number of pyridine rings is 1. The molecule has 1 spiro atoms. The van der Waals surface area contributed by atoms with E-state index in [1.807, 2.05) is 12.3 Å². The molecule has 6 nitrogen and oxygen atoms in total. The van der Waals surface area contributed by atoms with Crippen molar-refractivity contribution in [1.29, 1.82) is 0 Å². The van der Waals surface area contributed by atoms with Gasteiger partial charge in [-0.05, 0) is 49.5 Å². The molecule has 0 unspecified atom stereocenters. The van der Waals surface area contributed by atoms with E-state index in [4.69, 9.17) is 9.47 Å². The van der Waals surface area contributed by atoms with Crippen molar-refractivity contribution in [2.45, 2.75) is 50.7 Å². The van der Waals surface area contributed by atoms with Crippen LogP contribution < -0.4 is 14.8 Å². The van der Waals surface area contributed by atoms with E-state index in [-0.39, 0.29) is 29.0 Å². The van der Waals surface area contributed by atoms with Crippen LogP contribution in [0.25, 0.3) is 0 Å². The molecule has 2 aliphatic carbocycles. The zero-order chi connectivity index (χ0) is 20.3. The molecule has 5 fully saturated rings. The van der Waals surface area contributed by atoms with Gasteiger partial charge in [0.05, 0.1) is 24.9 Å². The molecule has 0 amide bonds. The molecule has 5 aliphatic rings. The first-order valence-corrected chi connectivity index (χ1v) is 12.0. The summed E-state index contributed by atoms with van der Waals surface area (Å²) < 4.78 is 12.1. The molecule has 6 atom stereocenters. The maximum atomic E-state index is 12.9. The highest BCUT2D eigenvalue weighted by atomic mass is 16.6. The zero-order valence-corrected chi connectivity index (χ0v) is 18.1. The first-order chi connectivity index (χ1) is 14.6. The summed E-state index contributed by atoms with van der Waals surface area (Å²) in [6, 6.07) is 6.24. The van der Waals surface area contributed by atoms with Gasteiger partial charge in [0.2, 0.25) is 0 Å². The molecule has 2 saturated carbocycles. The molecule has 1 aromatic rings. The fraction of sp³-hybridized carbons (Fsp3) is 0.750. The Morgan fingerprint density at radius 3 is 2.83 bits per heavy atom. The first kappa shape index (κ1) is 19.1. The number of H-pyrrole nitrogens is 1. The second-order valence-corrected chi connectivity index (χ2v) is 10.8. The Hall–Kier alpha value is -1.66. The molecule has 6 heteroatoms. The van der Waals surface area contributed by atoms with Crippen LogP contribution in [-0.2, 0) is 14.3 Å². The maximum Gasteiger partial charge on any atom is 0.315 e. The van der Waals surface area contributed by atoms with Gasteiger partial charge in [-0.3, -0.25) is 9.69 Å². The lowest BCUT2D eigenvalue weighted by molar-refractivity contribution is -0.903. The fourth-order valence-electron chi connectivity index (χ4n) is 7.35. The predicted molar refractivity (Wildman–Crippen MR) is 111 cm³/mol. The zero-order valence-electron chi connectivity index (χ0n) is 18.1. The van der Waals surface area contributed by atoms with Crippen molar-refractivity contribution in [2.24, 2.45) is 23.2 Å². The minimum atomic E-state index is 0.0714. The molecule has 0 radical (unpaired) electrons. The van der Waals surface area contributed by atoms with Crippen LogP contribution in [0.15, 0.2) is 24.4 Å². The van der Waals surface area contributed by atoms with Crippen LogP contribution in [0.4, 0.5) is 5.82 Å². The lowest BCUT2D eigenvalue weighted by Crippen LogP contribution is -3.15. The summed E-state index contributed by atoms with van der Waals surface area (Å²) in [5.41, 5.74) is 0.425. The Balaban J connectivity index is 1.12. The summed E-state index contributed by atoms with van der Waals surface area (Å²) in [6.07, 6.45) is 8.03. The molecule has 3 aliphatic heterocycles. The SMILES string of the molecule is C[C@]12CCC[C@@]3(CO3)[C@@H]1C[C@H]1[C@@H](C2)OC(=O)[C@@H]1C[NH+]1CCN(c2cccc[nH+]2)CC1. The standard InChI is InChI=1S/C24H33N3O3/c1-23-6-4-7-24(16-29-24)20(23)13-17-18(22(28)30-19(17)14-23)15-26-9-11-27(12-10-26)21-5-2-3-8-25-21/h2-3,5,8,17-20H,4,6-7,9-16H2,1H3/p+2/t17-,18-,19-,20-,23-,24-/m1/s1. The maximum absolute atomic E-state index is 12.9. The minimum Gasteiger partial charge on any atom is -0.462 e. The van der Waals surface area contributed by atoms with Crippen LogP contribution in [0, 0.1) is 23.2 Å². The number of carbonyl (C=O) groups excluding carboxylic acids is 1. The van der Waals surface area contributed by atoms with E-state index in [1.165, 1.54) is 25.1 Å². The van der Waals surface area contributed by atoms with Crippen molar-refractivity contribution in [3.05, 3.63) is 24.4 Å². The van der Waals surface area contributed by atoms with Gasteiger partial charge in [0.15, 0.2) is 0 Å². The van der Waals surface area contributed by atoms with E-state index in [1.54, 1.807) is 4.90 Å². The molecule has 1 aromatic heterocycles. The van der Waals surface area contributed by atoms with Gasteiger partial charge in [0, 0.05) is 12.0 Å². The van der Waals surface area contributed by atoms with Crippen molar-refractivity contribution < 1.29 is 24.2 Å². The van der Waals surface area contributed by atoms with E-state index in [9.17, 15) is 4.79 Å². The van der Waals surface area contributed by atoms with Crippen LogP contribution in [0.3, 0.4) is 0 Å². The fourth-order valence-corrected chi connectivity index (χ4v) is 7.35. The molecule has 0 aromatic carbocycles. The van der Waals surface area contributed by atoms with Crippen molar-refractivity contribution in [1.82, 2.24) is 0 Å². The number of piperazine rings is 1. The Bertz CT molecular complexity index is 805. The summed E-state index contributed by atoms with van der Waals surface area (Å²) >= 11 is 0. The number of ether oxygens (including phenoxy) is 2. The number of quaternary nitrogens is 1. The van der Waals surface area contributed by atoms with Crippen LogP contribution in [-0.4, -0.2) is 57.0 Å². The molecule has 3 saturated heterocycles. The largest absolute Gasteiger partial charge is 0.462 e. The number of epoxide rings is 1. The van der Waals surface area contributed by atoms with Crippen molar-refractivity contribution in [3.8, 4) is 0 Å². The van der Waals surface area contributed by atoms with Gasteiger partial charge in [-0.1, -0.05) is 13.0 Å². The molecular weight excluding hydrogens is 378 g/mol. The molecular formula is C24H35N3O3+2. The highest BCUT2D eigenvalue weighted by Crippen LogP contribution is 2.62. The number of aromatic nitrogens is 1. The number of rotatable bonds is 3. The first-order valence-electron chi connectivity index (χ1n) is 12.0. The summed E-state index contributed by atoms with van der Waals surface area (Å²) in [4.78, 5) is 20.2. The lowest BCUT2D eigenvalue weighted by atomic mass is 9.53. The number of anilines is 1. The minimum absolute atomic E-state index is 0.0714. The number of nitrogens with zero attached hydrogens (tertiary/aromatic N) is 1. The van der Waals surface area contributed by atoms with E-state index in [2.05, 4.69) is 28.9 Å². The second-order valence-electron chi connectivity index (χ2n) is 10.8. The summed E-state index contributed by atoms with van der Waals surface area (Å²) in [6.45, 7) is 8.53. The third-order valence-electron chi connectivity index (χ3n) is 9.09. The number of esters is 1. The molecule has 30 heavy (non-hydrogen) atoms. The number of nitrogens with one attached hydrogen (secondary N) is 2. The molecule has 0 bridgehead atoms. The smallest absolute Gasteiger partial charge is 0.315 e. The van der Waals surface area contributed by atoms with Crippen LogP contribution in [0.2, 0.25) is 0 Å². The van der Waals surface area contributed by atoms with Gasteiger partial charge >= 0.3 is 5.97 Å². The quantitative estimate of drug-likeness (QED) is 0.586. The predicted octanol–water partition coefficient (Wildman–Crippen LogP) is 0.733. The Kier molecular flexibility index (Phi) is 4.40. The number of aromatic amines is 1. The molecule has 4 heterocycles. The van der Waals surface area contributed by atoms with Gasteiger partial charge in [-0.15, -0.1) is 0 Å². The number of hydrogen-bond donors (Lipinski definition) is 1. The second kappa shape index (κ2) is 6.92. The van der Waals surface area contributed by atoms with E-state index < -0.39 is 0 Å². The van der Waals surface area contributed by atoms with Crippen molar-refractivity contribution in [2.75, 3.05) is 44.2 Å². The van der Waals surface area contributed by atoms with Crippen LogP contribution in [0.1, 0.15) is 39.0 Å². The Labute approximate surface area is 178 Å². The number of hydrogen-bond acceptors (Lipinski definition) is 4. The monoisotopic (exact) mass is 413 g/mol. The van der Waals surface area contributed by atoms with Crippen LogP contribution in [0.5, 0.6) is 0 Å². The molecule has 2 N–H and O–H groups in total. The summed E-state index contributed by atoms with van der Waals surface area (Å²) in [5.74, 6) is 2.34. The van der Waals surface area contributed by atoms with Gasteiger partial charge in [-0.25, -0.2) is 4.98 Å². The van der Waals surface area contributed by atoms with Crippen molar-refractivity contribution in [3.63, 3.8) is 0 Å². The van der Waals surface area contributed by atoms with E-state index >= 15 is 0 Å². The number of carbonyl (C=O) groups is 1. The van der Waals surface area contributed by atoms with E-state index in [0.29, 0.717) is 11.8 Å². The van der Waals surface area contributed by atoms with E-state index in [0.717, 1.165) is 52.2 Å². The van der Waals surface area contributed by atoms with Crippen molar-refractivity contribution >= 4 is 11.8 Å². The Morgan fingerprint density at radius 1 is 1.27 bits per heavy atom. The normalized spacial score (nSPS) is 43.2. The topological polar surface area (TPSA) is 60.6 Å².